The summed E-state index contributed by atoms with van der Waals surface area (Å²) in [6.07, 6.45) is 3.35. The van der Waals surface area contributed by atoms with Crippen LogP contribution in [0.2, 0.25) is 0 Å². The Bertz CT molecular complexity index is 905. The van der Waals surface area contributed by atoms with Gasteiger partial charge < -0.3 is 19.6 Å². The number of piperidine rings is 1. The first-order valence-corrected chi connectivity index (χ1v) is 11.0. The molecule has 2 aromatic rings. The molecular formula is C23H30N4O4. The van der Waals surface area contributed by atoms with Crippen molar-refractivity contribution in [2.45, 2.75) is 38.7 Å². The van der Waals surface area contributed by atoms with Crippen LogP contribution in [0, 0.1) is 12.8 Å². The molecular weight excluding hydrogens is 396 g/mol. The minimum atomic E-state index is -0.565. The zero-order valence-electron chi connectivity index (χ0n) is 17.9. The molecule has 2 saturated heterocycles. The lowest BCUT2D eigenvalue weighted by Crippen LogP contribution is -2.38. The minimum absolute atomic E-state index is 0.00375. The Hall–Kier alpha value is -2.87. The molecule has 2 aliphatic heterocycles. The maximum Gasteiger partial charge on any atom is 0.260 e. The summed E-state index contributed by atoms with van der Waals surface area (Å²) in [5.41, 5.74) is 2.42. The SMILES string of the molecule is Cc1cc(C[C@@H]2CN(C(=O)c3ccc(OCC(=O)N4CCCCC4)cc3)C[C@H]2O)n[nH]1. The maximum atomic E-state index is 12.9. The van der Waals surface area contributed by atoms with E-state index < -0.39 is 6.10 Å². The summed E-state index contributed by atoms with van der Waals surface area (Å²) in [4.78, 5) is 28.6. The first-order valence-electron chi connectivity index (χ1n) is 11.0. The minimum Gasteiger partial charge on any atom is -0.484 e. The fourth-order valence-electron chi connectivity index (χ4n) is 4.32. The average Bonchev–Trinajstić information content (AvgIpc) is 3.37. The Balaban J connectivity index is 1.29. The molecule has 2 amide bonds. The van der Waals surface area contributed by atoms with E-state index in [0.717, 1.165) is 37.3 Å². The van der Waals surface area contributed by atoms with Crippen molar-refractivity contribution < 1.29 is 19.4 Å². The van der Waals surface area contributed by atoms with E-state index in [1.54, 1.807) is 29.2 Å². The molecule has 0 aliphatic carbocycles. The molecule has 31 heavy (non-hydrogen) atoms. The highest BCUT2D eigenvalue weighted by molar-refractivity contribution is 5.94. The van der Waals surface area contributed by atoms with E-state index in [2.05, 4.69) is 10.2 Å². The number of nitrogens with zero attached hydrogens (tertiary/aromatic N) is 3. The zero-order valence-corrected chi connectivity index (χ0v) is 17.9. The Kier molecular flexibility index (Phi) is 6.56. The van der Waals surface area contributed by atoms with Crippen LogP contribution in [-0.2, 0) is 11.2 Å². The topological polar surface area (TPSA) is 98.8 Å². The first-order chi connectivity index (χ1) is 15.0. The molecule has 1 aromatic carbocycles. The Morgan fingerprint density at radius 2 is 1.87 bits per heavy atom. The normalized spacial score (nSPS) is 21.4. The number of aryl methyl sites for hydroxylation is 1. The van der Waals surface area contributed by atoms with Gasteiger partial charge in [-0.1, -0.05) is 0 Å². The van der Waals surface area contributed by atoms with Gasteiger partial charge in [-0.3, -0.25) is 14.7 Å². The molecule has 4 rings (SSSR count). The highest BCUT2D eigenvalue weighted by Crippen LogP contribution is 2.23. The first kappa shape index (κ1) is 21.4. The van der Waals surface area contributed by atoms with E-state index in [1.807, 2.05) is 17.9 Å². The summed E-state index contributed by atoms with van der Waals surface area (Å²) in [6.45, 7) is 4.37. The lowest BCUT2D eigenvalue weighted by Gasteiger charge is -2.26. The molecule has 3 heterocycles. The van der Waals surface area contributed by atoms with Gasteiger partial charge >= 0.3 is 0 Å². The summed E-state index contributed by atoms with van der Waals surface area (Å²) in [5.74, 6) is 0.421. The van der Waals surface area contributed by atoms with E-state index in [1.165, 1.54) is 6.42 Å². The number of amides is 2. The number of benzene rings is 1. The predicted molar refractivity (Wildman–Crippen MR) is 115 cm³/mol. The fourth-order valence-corrected chi connectivity index (χ4v) is 4.32. The number of carbonyl (C=O) groups is 2. The predicted octanol–water partition coefficient (Wildman–Crippen LogP) is 1.79. The van der Waals surface area contributed by atoms with Gasteiger partial charge in [-0.15, -0.1) is 0 Å². The van der Waals surface area contributed by atoms with Crippen molar-refractivity contribution in [3.63, 3.8) is 0 Å². The second-order valence-corrected chi connectivity index (χ2v) is 8.54. The van der Waals surface area contributed by atoms with E-state index >= 15 is 0 Å². The van der Waals surface area contributed by atoms with Crippen molar-refractivity contribution in [3.05, 3.63) is 47.3 Å². The van der Waals surface area contributed by atoms with Crippen molar-refractivity contribution in [2.75, 3.05) is 32.8 Å². The molecule has 8 heteroatoms. The molecule has 2 fully saturated rings. The van der Waals surface area contributed by atoms with Gasteiger partial charge in [0.25, 0.3) is 11.8 Å². The lowest BCUT2D eigenvalue weighted by molar-refractivity contribution is -0.134. The molecule has 2 aliphatic rings. The van der Waals surface area contributed by atoms with Crippen molar-refractivity contribution in [2.24, 2.45) is 5.92 Å². The van der Waals surface area contributed by atoms with Crippen LogP contribution in [0.15, 0.2) is 30.3 Å². The summed E-state index contributed by atoms with van der Waals surface area (Å²) >= 11 is 0. The van der Waals surface area contributed by atoms with Crippen molar-refractivity contribution >= 4 is 11.8 Å². The van der Waals surface area contributed by atoms with Gasteiger partial charge in [-0.25, -0.2) is 0 Å². The monoisotopic (exact) mass is 426 g/mol. The molecule has 0 spiro atoms. The fraction of sp³-hybridized carbons (Fsp3) is 0.522. The summed E-state index contributed by atoms with van der Waals surface area (Å²) in [5, 5.41) is 17.6. The van der Waals surface area contributed by atoms with Gasteiger partial charge in [0, 0.05) is 43.4 Å². The van der Waals surface area contributed by atoms with Crippen molar-refractivity contribution in [1.82, 2.24) is 20.0 Å². The Morgan fingerprint density at radius 1 is 1.13 bits per heavy atom. The number of β-amino-alcohol motifs (C(OH)–C–C–N with tert-alkyl or cyclic N) is 1. The molecule has 2 N–H and O–H groups in total. The summed E-state index contributed by atoms with van der Waals surface area (Å²) < 4.78 is 5.62. The molecule has 1 aromatic heterocycles. The number of aromatic nitrogens is 2. The molecule has 8 nitrogen and oxygen atoms in total. The van der Waals surface area contributed by atoms with Crippen LogP contribution >= 0.6 is 0 Å². The smallest absolute Gasteiger partial charge is 0.260 e. The number of hydrogen-bond donors (Lipinski definition) is 2. The van der Waals surface area contributed by atoms with Crippen LogP contribution in [0.5, 0.6) is 5.75 Å². The van der Waals surface area contributed by atoms with E-state index in [-0.39, 0.29) is 24.3 Å². The molecule has 0 saturated carbocycles. The van der Waals surface area contributed by atoms with E-state index in [4.69, 9.17) is 4.74 Å². The van der Waals surface area contributed by atoms with E-state index in [0.29, 0.717) is 30.8 Å². The zero-order chi connectivity index (χ0) is 21.8. The van der Waals surface area contributed by atoms with Crippen LogP contribution in [0.3, 0.4) is 0 Å². The standard InChI is InChI=1S/C23H30N4O4/c1-16-11-19(25-24-16)12-18-13-27(14-21(18)28)23(30)17-5-7-20(8-6-17)31-15-22(29)26-9-3-2-4-10-26/h5-8,11,18,21,28H,2-4,9-10,12-15H2,1H3,(H,24,25)/t18-,21-/m1/s1. The second-order valence-electron chi connectivity index (χ2n) is 8.54. The third kappa shape index (κ3) is 5.25. The largest absolute Gasteiger partial charge is 0.484 e. The number of nitrogens with one attached hydrogen (secondary N) is 1. The third-order valence-corrected chi connectivity index (χ3v) is 6.10. The van der Waals surface area contributed by atoms with Crippen LogP contribution in [0.25, 0.3) is 0 Å². The number of aliphatic hydroxyl groups excluding tert-OH is 1. The number of H-pyrrole nitrogens is 1. The van der Waals surface area contributed by atoms with Crippen molar-refractivity contribution in [1.29, 1.82) is 0 Å². The maximum absolute atomic E-state index is 12.9. The van der Waals surface area contributed by atoms with Gasteiger partial charge in [0.1, 0.15) is 5.75 Å². The number of aliphatic hydroxyl groups is 1. The Morgan fingerprint density at radius 3 is 2.55 bits per heavy atom. The van der Waals surface area contributed by atoms with Gasteiger partial charge in [0.05, 0.1) is 11.8 Å². The highest BCUT2D eigenvalue weighted by atomic mass is 16.5. The number of carbonyl (C=O) groups excluding carboxylic acids is 2. The average molecular weight is 427 g/mol. The van der Waals surface area contributed by atoms with Gasteiger partial charge in [0.15, 0.2) is 6.61 Å². The summed E-state index contributed by atoms with van der Waals surface area (Å²) in [6, 6.07) is 8.81. The molecule has 0 unspecified atom stereocenters. The second kappa shape index (κ2) is 9.51. The molecule has 0 bridgehead atoms. The van der Waals surface area contributed by atoms with Gasteiger partial charge in [0.2, 0.25) is 0 Å². The molecule has 0 radical (unpaired) electrons. The third-order valence-electron chi connectivity index (χ3n) is 6.10. The quantitative estimate of drug-likeness (QED) is 0.734. The Labute approximate surface area is 182 Å². The number of likely N-dealkylation sites (tertiary alicyclic amines) is 2. The lowest BCUT2D eigenvalue weighted by atomic mass is 10.0. The number of ether oxygens (including phenoxy) is 1. The van der Waals surface area contributed by atoms with Crippen LogP contribution in [-0.4, -0.2) is 75.8 Å². The number of hydrogen-bond acceptors (Lipinski definition) is 5. The van der Waals surface area contributed by atoms with Crippen LogP contribution in [0.4, 0.5) is 0 Å². The van der Waals surface area contributed by atoms with Crippen molar-refractivity contribution in [3.8, 4) is 5.75 Å². The van der Waals surface area contributed by atoms with E-state index in [9.17, 15) is 14.7 Å². The summed E-state index contributed by atoms with van der Waals surface area (Å²) in [7, 11) is 0. The van der Waals surface area contributed by atoms with Gasteiger partial charge in [-0.2, -0.15) is 5.10 Å². The molecule has 2 atom stereocenters. The highest BCUT2D eigenvalue weighted by Gasteiger charge is 2.34. The molecule has 166 valence electrons. The number of rotatable bonds is 6. The van der Waals surface area contributed by atoms with Crippen LogP contribution in [0.1, 0.15) is 41.0 Å². The van der Waals surface area contributed by atoms with Gasteiger partial charge in [-0.05, 0) is 62.9 Å². The van der Waals surface area contributed by atoms with Crippen LogP contribution < -0.4 is 4.74 Å². The number of aromatic amines is 1.